The maximum Gasteiger partial charge on any atom is 0.416 e. The van der Waals surface area contributed by atoms with Crippen molar-refractivity contribution in [2.24, 2.45) is 5.73 Å². The molecule has 0 unspecified atom stereocenters. The summed E-state index contributed by atoms with van der Waals surface area (Å²) in [5.41, 5.74) is 3.86. The Labute approximate surface area is 186 Å². The molecule has 3 N–H and O–H groups in total. The fourth-order valence-electron chi connectivity index (χ4n) is 2.50. The summed E-state index contributed by atoms with van der Waals surface area (Å²) in [4.78, 5) is 23.4. The Morgan fingerprint density at radius 2 is 1.97 bits per heavy atom. The Hall–Kier alpha value is -3.71. The fourth-order valence-corrected chi connectivity index (χ4v) is 2.78. The number of hydrogen-bond acceptors (Lipinski definition) is 5. The summed E-state index contributed by atoms with van der Waals surface area (Å²) in [7, 11) is 0. The average Bonchev–Trinajstić information content (AvgIpc) is 2.71. The van der Waals surface area contributed by atoms with Crippen molar-refractivity contribution in [1.29, 1.82) is 5.26 Å². The minimum atomic E-state index is -4.58. The van der Waals surface area contributed by atoms with E-state index in [1.165, 1.54) is 24.3 Å². The van der Waals surface area contributed by atoms with Crippen LogP contribution in [0.4, 0.5) is 18.9 Å². The third-order valence-electron chi connectivity index (χ3n) is 3.81. The largest absolute Gasteiger partial charge is 0.490 e. The third kappa shape index (κ3) is 6.65. The number of anilines is 1. The van der Waals surface area contributed by atoms with E-state index in [-0.39, 0.29) is 34.4 Å². The van der Waals surface area contributed by atoms with Crippen molar-refractivity contribution < 1.29 is 32.2 Å². The molecular formula is C21H17ClF3N3O4. The average molecular weight is 468 g/mol. The lowest BCUT2D eigenvalue weighted by molar-refractivity contribution is -0.137. The van der Waals surface area contributed by atoms with Gasteiger partial charge in [0, 0.05) is 5.69 Å². The van der Waals surface area contributed by atoms with Gasteiger partial charge in [-0.3, -0.25) is 9.59 Å². The molecule has 7 nitrogen and oxygen atoms in total. The SMILES string of the molecule is CCOc1cc(/C=C(\C#N)C(=O)Nc2cccc(C(F)(F)F)c2)cc(Cl)c1OCC(N)=O. The van der Waals surface area contributed by atoms with Crippen molar-refractivity contribution in [2.45, 2.75) is 13.1 Å². The predicted molar refractivity (Wildman–Crippen MR) is 111 cm³/mol. The van der Waals surface area contributed by atoms with Crippen LogP contribution in [0.2, 0.25) is 5.02 Å². The van der Waals surface area contributed by atoms with E-state index in [4.69, 9.17) is 26.8 Å². The highest BCUT2D eigenvalue weighted by Gasteiger charge is 2.30. The number of rotatable bonds is 8. The van der Waals surface area contributed by atoms with Crippen molar-refractivity contribution in [2.75, 3.05) is 18.5 Å². The second kappa shape index (κ2) is 10.5. The molecule has 0 aliphatic carbocycles. The molecule has 2 aromatic rings. The Morgan fingerprint density at radius 3 is 2.56 bits per heavy atom. The zero-order valence-corrected chi connectivity index (χ0v) is 17.4. The summed E-state index contributed by atoms with van der Waals surface area (Å²) in [6, 6.07) is 8.47. The summed E-state index contributed by atoms with van der Waals surface area (Å²) in [5, 5.41) is 11.6. The van der Waals surface area contributed by atoms with Crippen molar-refractivity contribution in [3.8, 4) is 17.6 Å². The van der Waals surface area contributed by atoms with E-state index in [0.717, 1.165) is 18.2 Å². The highest BCUT2D eigenvalue weighted by atomic mass is 35.5. The molecule has 0 saturated carbocycles. The molecule has 0 aromatic heterocycles. The van der Waals surface area contributed by atoms with Crippen LogP contribution in [0, 0.1) is 11.3 Å². The Bertz CT molecular complexity index is 1090. The van der Waals surface area contributed by atoms with Gasteiger partial charge in [0.15, 0.2) is 18.1 Å². The number of alkyl halides is 3. The lowest BCUT2D eigenvalue weighted by Crippen LogP contribution is -2.20. The first kappa shape index (κ1) is 24.6. The second-order valence-corrected chi connectivity index (χ2v) is 6.63. The van der Waals surface area contributed by atoms with Crippen LogP contribution in [-0.4, -0.2) is 25.0 Å². The highest BCUT2D eigenvalue weighted by Crippen LogP contribution is 2.37. The van der Waals surface area contributed by atoms with Gasteiger partial charge in [0.25, 0.3) is 11.8 Å². The minimum Gasteiger partial charge on any atom is -0.490 e. The number of carbonyl (C=O) groups is 2. The smallest absolute Gasteiger partial charge is 0.416 e. The summed E-state index contributed by atoms with van der Waals surface area (Å²) in [6.45, 7) is 1.47. The molecule has 0 heterocycles. The van der Waals surface area contributed by atoms with Crippen LogP contribution >= 0.6 is 11.6 Å². The van der Waals surface area contributed by atoms with Gasteiger partial charge in [-0.15, -0.1) is 0 Å². The van der Waals surface area contributed by atoms with E-state index in [9.17, 15) is 28.0 Å². The van der Waals surface area contributed by atoms with Gasteiger partial charge in [-0.2, -0.15) is 18.4 Å². The first-order valence-electron chi connectivity index (χ1n) is 9.03. The normalized spacial score (nSPS) is 11.4. The van der Waals surface area contributed by atoms with Gasteiger partial charge < -0.3 is 20.5 Å². The van der Waals surface area contributed by atoms with E-state index in [1.54, 1.807) is 13.0 Å². The van der Waals surface area contributed by atoms with Crippen molar-refractivity contribution in [3.05, 3.63) is 58.1 Å². The van der Waals surface area contributed by atoms with Gasteiger partial charge in [0.05, 0.1) is 17.2 Å². The number of nitrogens with one attached hydrogen (secondary N) is 1. The topological polar surface area (TPSA) is 114 Å². The molecule has 0 saturated heterocycles. The Balaban J connectivity index is 2.33. The molecule has 2 aromatic carbocycles. The van der Waals surface area contributed by atoms with Crippen molar-refractivity contribution in [3.63, 3.8) is 0 Å². The van der Waals surface area contributed by atoms with E-state index >= 15 is 0 Å². The van der Waals surface area contributed by atoms with Crippen molar-refractivity contribution in [1.82, 2.24) is 0 Å². The van der Waals surface area contributed by atoms with Crippen LogP contribution < -0.4 is 20.5 Å². The Kier molecular flexibility index (Phi) is 8.09. The van der Waals surface area contributed by atoms with Crippen LogP contribution in [0.5, 0.6) is 11.5 Å². The van der Waals surface area contributed by atoms with Gasteiger partial charge in [-0.05, 0) is 48.9 Å². The maximum absolute atomic E-state index is 12.9. The Morgan fingerprint density at radius 1 is 1.25 bits per heavy atom. The molecule has 0 bridgehead atoms. The summed E-state index contributed by atoms with van der Waals surface area (Å²) in [5.74, 6) is -1.46. The van der Waals surface area contributed by atoms with Crippen LogP contribution in [-0.2, 0) is 15.8 Å². The zero-order valence-electron chi connectivity index (χ0n) is 16.6. The number of carbonyl (C=O) groups excluding carboxylic acids is 2. The summed E-state index contributed by atoms with van der Waals surface area (Å²) >= 11 is 6.17. The molecule has 2 amide bonds. The molecule has 2 rings (SSSR count). The van der Waals surface area contributed by atoms with Gasteiger partial charge in [-0.25, -0.2) is 0 Å². The molecule has 0 aliphatic rings. The van der Waals surface area contributed by atoms with Crippen LogP contribution in [0.1, 0.15) is 18.1 Å². The van der Waals surface area contributed by atoms with Crippen LogP contribution in [0.25, 0.3) is 6.08 Å². The molecule has 11 heteroatoms. The van der Waals surface area contributed by atoms with E-state index < -0.39 is 35.7 Å². The number of primary amides is 1. The summed E-state index contributed by atoms with van der Waals surface area (Å²) in [6.07, 6.45) is -3.41. The highest BCUT2D eigenvalue weighted by molar-refractivity contribution is 6.32. The van der Waals surface area contributed by atoms with Gasteiger partial charge in [0.1, 0.15) is 11.6 Å². The quantitative estimate of drug-likeness (QED) is 0.446. The summed E-state index contributed by atoms with van der Waals surface area (Å²) < 4.78 is 49.2. The zero-order chi connectivity index (χ0) is 23.9. The van der Waals surface area contributed by atoms with E-state index in [1.807, 2.05) is 0 Å². The van der Waals surface area contributed by atoms with E-state index in [0.29, 0.717) is 0 Å². The molecular weight excluding hydrogens is 451 g/mol. The second-order valence-electron chi connectivity index (χ2n) is 6.22. The molecule has 0 atom stereocenters. The van der Waals surface area contributed by atoms with Crippen LogP contribution in [0.3, 0.4) is 0 Å². The monoisotopic (exact) mass is 467 g/mol. The molecule has 0 aliphatic heterocycles. The molecule has 0 spiro atoms. The number of nitrogens with zero attached hydrogens (tertiary/aromatic N) is 1. The minimum absolute atomic E-state index is 0.0269. The van der Waals surface area contributed by atoms with Gasteiger partial charge in [0.2, 0.25) is 0 Å². The number of benzene rings is 2. The number of nitrogens with two attached hydrogens (primary N) is 1. The third-order valence-corrected chi connectivity index (χ3v) is 4.10. The molecule has 0 radical (unpaired) electrons. The lowest BCUT2D eigenvalue weighted by atomic mass is 10.1. The number of nitriles is 1. The number of halogens is 4. The fraction of sp³-hybridized carbons (Fsp3) is 0.190. The number of hydrogen-bond donors (Lipinski definition) is 2. The molecule has 0 fully saturated rings. The van der Waals surface area contributed by atoms with Crippen LogP contribution in [0.15, 0.2) is 42.0 Å². The number of ether oxygens (including phenoxy) is 2. The van der Waals surface area contributed by atoms with E-state index in [2.05, 4.69) is 5.32 Å². The molecule has 32 heavy (non-hydrogen) atoms. The van der Waals surface area contributed by atoms with Gasteiger partial charge in [-0.1, -0.05) is 17.7 Å². The first-order valence-corrected chi connectivity index (χ1v) is 9.40. The standard InChI is InChI=1S/C21H17ClF3N3O4/c1-2-31-17-8-12(7-16(22)19(17)32-11-18(27)29)6-13(10-26)20(30)28-15-5-3-4-14(9-15)21(23,24)25/h3-9H,2,11H2,1H3,(H2,27,29)(H,28,30)/b13-6+. The van der Waals surface area contributed by atoms with Gasteiger partial charge >= 0.3 is 6.18 Å². The number of amides is 2. The van der Waals surface area contributed by atoms with Crippen molar-refractivity contribution >= 4 is 35.2 Å². The first-order chi connectivity index (χ1) is 15.0. The lowest BCUT2D eigenvalue weighted by Gasteiger charge is -2.14. The molecule has 168 valence electrons. The predicted octanol–water partition coefficient (Wildman–Crippen LogP) is 4.17. The maximum atomic E-state index is 12.9.